The van der Waals surface area contributed by atoms with Crippen LogP contribution in [0, 0.1) is 0 Å². The van der Waals surface area contributed by atoms with Crippen molar-refractivity contribution in [3.05, 3.63) is 64.7 Å². The first kappa shape index (κ1) is 14.9. The number of benzene rings is 2. The first-order valence-corrected chi connectivity index (χ1v) is 7.70. The van der Waals surface area contributed by atoms with Crippen LogP contribution in [0.15, 0.2) is 48.5 Å². The van der Waals surface area contributed by atoms with Gasteiger partial charge in [0.15, 0.2) is 0 Å². The van der Waals surface area contributed by atoms with Gasteiger partial charge in [0.05, 0.1) is 7.11 Å². The molecular formula is C18H18ClNO2. The van der Waals surface area contributed by atoms with Crippen LogP contribution < -0.4 is 5.32 Å². The highest BCUT2D eigenvalue weighted by molar-refractivity contribution is 6.30. The number of rotatable bonds is 3. The fraction of sp³-hybridized carbons (Fsp3) is 0.278. The van der Waals surface area contributed by atoms with E-state index in [4.69, 9.17) is 16.3 Å². The number of carbonyl (C=O) groups excluding carboxylic acids is 1. The predicted molar refractivity (Wildman–Crippen MR) is 88.3 cm³/mol. The summed E-state index contributed by atoms with van der Waals surface area (Å²) in [6.07, 6.45) is 2.11. The number of aryl methyl sites for hydroxylation is 1. The number of methoxy groups -OCH3 is 1. The van der Waals surface area contributed by atoms with Gasteiger partial charge in [-0.25, -0.2) is 4.79 Å². The number of esters is 1. The highest BCUT2D eigenvalue weighted by Gasteiger charge is 2.42. The van der Waals surface area contributed by atoms with Crippen LogP contribution in [-0.2, 0) is 22.4 Å². The Balaban J connectivity index is 1.96. The van der Waals surface area contributed by atoms with Crippen molar-refractivity contribution in [1.82, 2.24) is 0 Å². The van der Waals surface area contributed by atoms with Crippen molar-refractivity contribution in [3.8, 4) is 0 Å². The van der Waals surface area contributed by atoms with E-state index in [0.717, 1.165) is 17.7 Å². The van der Waals surface area contributed by atoms with Crippen molar-refractivity contribution >= 4 is 23.3 Å². The zero-order chi connectivity index (χ0) is 15.6. The summed E-state index contributed by atoms with van der Waals surface area (Å²) in [6, 6.07) is 15.7. The molecule has 22 heavy (non-hydrogen) atoms. The molecule has 0 aliphatic carbocycles. The number of hydrogen-bond donors (Lipinski definition) is 1. The summed E-state index contributed by atoms with van der Waals surface area (Å²) < 4.78 is 5.08. The Kier molecular flexibility index (Phi) is 4.08. The van der Waals surface area contributed by atoms with E-state index in [1.54, 1.807) is 0 Å². The van der Waals surface area contributed by atoms with E-state index in [-0.39, 0.29) is 5.97 Å². The summed E-state index contributed by atoms with van der Waals surface area (Å²) in [4.78, 5) is 12.5. The zero-order valence-corrected chi connectivity index (χ0v) is 13.2. The van der Waals surface area contributed by atoms with Crippen LogP contribution in [0.25, 0.3) is 0 Å². The SMILES string of the molecule is COC(=O)[C@@]1(Cc2ccccc2)CCc2ccc(Cl)cc2N1. The molecule has 1 N–H and O–H groups in total. The van der Waals surface area contributed by atoms with Crippen LogP contribution in [0.5, 0.6) is 0 Å². The molecule has 0 aromatic heterocycles. The Morgan fingerprint density at radius 2 is 2.05 bits per heavy atom. The van der Waals surface area contributed by atoms with Crippen LogP contribution in [0.4, 0.5) is 5.69 Å². The number of nitrogens with one attached hydrogen (secondary N) is 1. The van der Waals surface area contributed by atoms with Gasteiger partial charge in [0, 0.05) is 17.1 Å². The summed E-state index contributed by atoms with van der Waals surface area (Å²) in [5.41, 5.74) is 2.45. The smallest absolute Gasteiger partial charge is 0.331 e. The maximum atomic E-state index is 12.5. The molecular weight excluding hydrogens is 298 g/mol. The molecule has 0 radical (unpaired) electrons. The van der Waals surface area contributed by atoms with Gasteiger partial charge in [0.1, 0.15) is 5.54 Å². The minimum atomic E-state index is -0.742. The first-order chi connectivity index (χ1) is 10.6. The molecule has 1 aliphatic rings. The van der Waals surface area contributed by atoms with E-state index >= 15 is 0 Å². The second kappa shape index (κ2) is 6.01. The molecule has 0 saturated heterocycles. The minimum Gasteiger partial charge on any atom is -0.467 e. The van der Waals surface area contributed by atoms with Gasteiger partial charge in [-0.3, -0.25) is 0 Å². The molecule has 0 amide bonds. The topological polar surface area (TPSA) is 38.3 Å². The lowest BCUT2D eigenvalue weighted by Gasteiger charge is -2.37. The van der Waals surface area contributed by atoms with E-state index in [2.05, 4.69) is 5.32 Å². The molecule has 3 rings (SSSR count). The molecule has 1 heterocycles. The van der Waals surface area contributed by atoms with E-state index in [9.17, 15) is 4.79 Å². The maximum absolute atomic E-state index is 12.5. The third-order valence-corrected chi connectivity index (χ3v) is 4.43. The Labute approximate surface area is 135 Å². The van der Waals surface area contributed by atoms with Crippen LogP contribution in [-0.4, -0.2) is 18.6 Å². The Morgan fingerprint density at radius 3 is 2.77 bits per heavy atom. The maximum Gasteiger partial charge on any atom is 0.331 e. The quantitative estimate of drug-likeness (QED) is 0.874. The molecule has 114 valence electrons. The Hall–Kier alpha value is -2.00. The molecule has 2 aromatic carbocycles. The number of fused-ring (bicyclic) bond motifs is 1. The molecule has 4 heteroatoms. The van der Waals surface area contributed by atoms with E-state index in [1.165, 1.54) is 12.7 Å². The minimum absolute atomic E-state index is 0.234. The summed E-state index contributed by atoms with van der Waals surface area (Å²) in [5, 5.41) is 4.05. The lowest BCUT2D eigenvalue weighted by Crippen LogP contribution is -2.51. The summed E-state index contributed by atoms with van der Waals surface area (Å²) in [5.74, 6) is -0.234. The third kappa shape index (κ3) is 2.81. The second-order valence-electron chi connectivity index (χ2n) is 5.66. The van der Waals surface area contributed by atoms with Gasteiger partial charge >= 0.3 is 5.97 Å². The van der Waals surface area contributed by atoms with Gasteiger partial charge in [-0.15, -0.1) is 0 Å². The van der Waals surface area contributed by atoms with Crippen molar-refractivity contribution in [2.75, 3.05) is 12.4 Å². The van der Waals surface area contributed by atoms with Crippen LogP contribution in [0.3, 0.4) is 0 Å². The van der Waals surface area contributed by atoms with Crippen molar-refractivity contribution in [2.24, 2.45) is 0 Å². The van der Waals surface area contributed by atoms with E-state index in [0.29, 0.717) is 17.9 Å². The molecule has 0 spiro atoms. The van der Waals surface area contributed by atoms with Crippen LogP contribution in [0.1, 0.15) is 17.5 Å². The molecule has 0 saturated carbocycles. The fourth-order valence-electron chi connectivity index (χ4n) is 3.05. The van der Waals surface area contributed by atoms with Crippen molar-refractivity contribution in [1.29, 1.82) is 0 Å². The second-order valence-corrected chi connectivity index (χ2v) is 6.10. The highest BCUT2D eigenvalue weighted by Crippen LogP contribution is 2.35. The predicted octanol–water partition coefficient (Wildman–Crippen LogP) is 3.85. The highest BCUT2D eigenvalue weighted by atomic mass is 35.5. The number of hydrogen-bond acceptors (Lipinski definition) is 3. The summed E-state index contributed by atoms with van der Waals surface area (Å²) in [7, 11) is 1.43. The molecule has 0 fully saturated rings. The normalized spacial score (nSPS) is 19.9. The lowest BCUT2D eigenvalue weighted by molar-refractivity contribution is -0.146. The molecule has 0 unspecified atom stereocenters. The van der Waals surface area contributed by atoms with Gasteiger partial charge < -0.3 is 10.1 Å². The fourth-order valence-corrected chi connectivity index (χ4v) is 3.22. The average molecular weight is 316 g/mol. The van der Waals surface area contributed by atoms with E-state index < -0.39 is 5.54 Å². The van der Waals surface area contributed by atoms with Crippen molar-refractivity contribution in [2.45, 2.75) is 24.8 Å². The number of ether oxygens (including phenoxy) is 1. The third-order valence-electron chi connectivity index (χ3n) is 4.19. The molecule has 2 aromatic rings. The van der Waals surface area contributed by atoms with Crippen LogP contribution in [0.2, 0.25) is 5.02 Å². The van der Waals surface area contributed by atoms with Gasteiger partial charge in [0.25, 0.3) is 0 Å². The monoisotopic (exact) mass is 315 g/mol. The number of halogens is 1. The number of carbonyl (C=O) groups is 1. The lowest BCUT2D eigenvalue weighted by atomic mass is 9.81. The Morgan fingerprint density at radius 1 is 1.27 bits per heavy atom. The van der Waals surface area contributed by atoms with Crippen LogP contribution >= 0.6 is 11.6 Å². The summed E-state index contributed by atoms with van der Waals surface area (Å²) in [6.45, 7) is 0. The largest absolute Gasteiger partial charge is 0.467 e. The summed E-state index contributed by atoms with van der Waals surface area (Å²) >= 11 is 6.09. The van der Waals surface area contributed by atoms with Gasteiger partial charge in [-0.1, -0.05) is 48.0 Å². The number of anilines is 1. The van der Waals surface area contributed by atoms with Gasteiger partial charge in [-0.05, 0) is 36.1 Å². The van der Waals surface area contributed by atoms with E-state index in [1.807, 2.05) is 48.5 Å². The molecule has 1 aliphatic heterocycles. The Bertz CT molecular complexity index is 687. The zero-order valence-electron chi connectivity index (χ0n) is 12.4. The first-order valence-electron chi connectivity index (χ1n) is 7.32. The van der Waals surface area contributed by atoms with Gasteiger partial charge in [-0.2, -0.15) is 0 Å². The standard InChI is InChI=1S/C18H18ClNO2/c1-22-17(21)18(12-13-5-3-2-4-6-13)10-9-14-7-8-15(19)11-16(14)20-18/h2-8,11,20H,9-10,12H2,1H3/t18-/m0/s1. The average Bonchev–Trinajstić information content (AvgIpc) is 2.54. The van der Waals surface area contributed by atoms with Gasteiger partial charge in [0.2, 0.25) is 0 Å². The molecule has 0 bridgehead atoms. The van der Waals surface area contributed by atoms with Crippen molar-refractivity contribution in [3.63, 3.8) is 0 Å². The van der Waals surface area contributed by atoms with Crippen molar-refractivity contribution < 1.29 is 9.53 Å². The molecule has 3 nitrogen and oxygen atoms in total. The molecule has 1 atom stereocenters.